The average Bonchev–Trinajstić information content (AvgIpc) is 3.66. The second-order valence-corrected chi connectivity index (χ2v) is 9.25. The highest BCUT2D eigenvalue weighted by molar-refractivity contribution is 5.95. The van der Waals surface area contributed by atoms with Crippen molar-refractivity contribution in [2.45, 2.75) is 40.0 Å². The molecule has 3 N–H and O–H groups in total. The summed E-state index contributed by atoms with van der Waals surface area (Å²) in [6.45, 7) is 14.3. The second-order valence-electron chi connectivity index (χ2n) is 9.25. The van der Waals surface area contributed by atoms with Gasteiger partial charge in [0.2, 0.25) is 0 Å². The van der Waals surface area contributed by atoms with E-state index >= 15 is 0 Å². The molecular weight excluding hydrogens is 472 g/mol. The number of fused-ring (bicyclic) bond motifs is 2. The minimum absolute atomic E-state index is 0.686. The molecule has 0 aliphatic heterocycles. The van der Waals surface area contributed by atoms with Crippen molar-refractivity contribution in [2.75, 3.05) is 0 Å². The number of nitrogens with one attached hydrogen (secondary N) is 3. The fourth-order valence-electron chi connectivity index (χ4n) is 4.42. The molecule has 0 radical (unpaired) electrons. The number of nitrogens with zero attached hydrogens (tertiary/aromatic N) is 5. The molecule has 5 rings (SSSR count). The van der Waals surface area contributed by atoms with Crippen LogP contribution in [0.25, 0.3) is 44.7 Å². The maximum Gasteiger partial charge on any atom is 0.159 e. The summed E-state index contributed by atoms with van der Waals surface area (Å²) in [5.74, 6) is 0.686. The van der Waals surface area contributed by atoms with Crippen molar-refractivity contribution in [1.29, 1.82) is 0 Å². The van der Waals surface area contributed by atoms with Gasteiger partial charge in [0, 0.05) is 23.0 Å². The van der Waals surface area contributed by atoms with Crippen molar-refractivity contribution in [3.63, 3.8) is 0 Å². The van der Waals surface area contributed by atoms with E-state index in [-0.39, 0.29) is 0 Å². The number of hydrogen-bond donors (Lipinski definition) is 3. The number of para-hydroxylation sites is 1. The van der Waals surface area contributed by atoms with Gasteiger partial charge in [-0.1, -0.05) is 38.6 Å². The SMILES string of the molecule is C=C/C(=C\C(=C/C)c1cc2c(-c3nc4c(-n5cnc(C)c5)cccc4[nH]3)n[nH]c2cn1)NC(=C)CCCC. The predicted molar refractivity (Wildman–Crippen MR) is 155 cm³/mol. The Morgan fingerprint density at radius 1 is 1.21 bits per heavy atom. The van der Waals surface area contributed by atoms with Crippen LogP contribution in [-0.2, 0) is 0 Å². The first-order valence-corrected chi connectivity index (χ1v) is 12.8. The topological polar surface area (TPSA) is 100 Å². The van der Waals surface area contributed by atoms with E-state index in [0.29, 0.717) is 5.82 Å². The highest BCUT2D eigenvalue weighted by Crippen LogP contribution is 2.30. The van der Waals surface area contributed by atoms with E-state index in [1.54, 1.807) is 12.4 Å². The summed E-state index contributed by atoms with van der Waals surface area (Å²) >= 11 is 0. The number of aromatic amines is 2. The fraction of sp³-hybridized carbons (Fsp3) is 0.200. The van der Waals surface area contributed by atoms with E-state index in [1.807, 2.05) is 67.2 Å². The first kappa shape index (κ1) is 25.0. The van der Waals surface area contributed by atoms with Crippen LogP contribution in [0.2, 0.25) is 0 Å². The zero-order valence-corrected chi connectivity index (χ0v) is 22.0. The number of allylic oxidation sites excluding steroid dienone is 5. The Morgan fingerprint density at radius 3 is 2.82 bits per heavy atom. The number of aromatic nitrogens is 7. The van der Waals surface area contributed by atoms with Gasteiger partial charge in [-0.3, -0.25) is 10.1 Å². The summed E-state index contributed by atoms with van der Waals surface area (Å²) in [5, 5.41) is 12.0. The van der Waals surface area contributed by atoms with Gasteiger partial charge >= 0.3 is 0 Å². The molecule has 192 valence electrons. The van der Waals surface area contributed by atoms with Crippen molar-refractivity contribution in [3.8, 4) is 17.2 Å². The van der Waals surface area contributed by atoms with Gasteiger partial charge in [0.1, 0.15) is 11.2 Å². The number of rotatable bonds is 10. The van der Waals surface area contributed by atoms with E-state index in [2.05, 4.69) is 45.6 Å². The molecule has 0 amide bonds. The van der Waals surface area contributed by atoms with Gasteiger partial charge in [0.25, 0.3) is 0 Å². The molecule has 4 heterocycles. The van der Waals surface area contributed by atoms with E-state index < -0.39 is 0 Å². The van der Waals surface area contributed by atoms with Crippen LogP contribution in [0, 0.1) is 6.92 Å². The van der Waals surface area contributed by atoms with Crippen molar-refractivity contribution in [1.82, 2.24) is 40.0 Å². The standard InChI is InChI=1S/C30H32N8/c1-6-9-11-19(4)33-22(8-3)14-21(7-2)25-15-23-26(16-31-25)36-37-28(23)30-34-24-12-10-13-27(29(24)35-30)38-17-20(5)32-18-38/h7-8,10,12-18,33H,3-4,6,9,11H2,1-2,5H3,(H,34,35)(H,36,37)/b21-7+,22-14+. The first-order valence-electron chi connectivity index (χ1n) is 12.8. The molecule has 0 saturated carbocycles. The third-order valence-electron chi connectivity index (χ3n) is 6.44. The molecule has 5 aromatic rings. The lowest BCUT2D eigenvalue weighted by molar-refractivity contribution is 0.751. The molecule has 4 aromatic heterocycles. The van der Waals surface area contributed by atoms with Crippen LogP contribution >= 0.6 is 0 Å². The largest absolute Gasteiger partial charge is 0.359 e. The Balaban J connectivity index is 1.51. The second kappa shape index (κ2) is 10.7. The number of unbranched alkanes of at least 4 members (excludes halogenated alkanes) is 1. The molecule has 8 heteroatoms. The van der Waals surface area contributed by atoms with Gasteiger partial charge in [-0.2, -0.15) is 5.10 Å². The highest BCUT2D eigenvalue weighted by Gasteiger charge is 2.16. The van der Waals surface area contributed by atoms with Gasteiger partial charge in [0.05, 0.1) is 40.6 Å². The Hall–Kier alpha value is -4.72. The summed E-state index contributed by atoms with van der Waals surface area (Å²) < 4.78 is 1.99. The summed E-state index contributed by atoms with van der Waals surface area (Å²) in [6, 6.07) is 8.10. The quantitative estimate of drug-likeness (QED) is 0.182. The smallest absolute Gasteiger partial charge is 0.159 e. The molecule has 0 atom stereocenters. The van der Waals surface area contributed by atoms with E-state index in [1.165, 1.54) is 0 Å². The van der Waals surface area contributed by atoms with E-state index in [4.69, 9.17) is 9.97 Å². The third kappa shape index (κ3) is 4.93. The van der Waals surface area contributed by atoms with Gasteiger partial charge in [-0.15, -0.1) is 0 Å². The van der Waals surface area contributed by atoms with Crippen LogP contribution in [-0.4, -0.2) is 34.7 Å². The lowest BCUT2D eigenvalue weighted by Crippen LogP contribution is -2.10. The molecule has 0 unspecified atom stereocenters. The monoisotopic (exact) mass is 504 g/mol. The summed E-state index contributed by atoms with van der Waals surface area (Å²) in [6.07, 6.45) is 14.6. The van der Waals surface area contributed by atoms with Crippen LogP contribution in [0.4, 0.5) is 0 Å². The Morgan fingerprint density at radius 2 is 2.08 bits per heavy atom. The number of pyridine rings is 1. The van der Waals surface area contributed by atoms with Crippen LogP contribution in [0.1, 0.15) is 44.5 Å². The molecular formula is C30H32N8. The van der Waals surface area contributed by atoms with E-state index in [0.717, 1.165) is 80.9 Å². The van der Waals surface area contributed by atoms with Crippen LogP contribution in [0.3, 0.4) is 0 Å². The summed E-state index contributed by atoms with van der Waals surface area (Å²) in [4.78, 5) is 17.4. The van der Waals surface area contributed by atoms with Crippen molar-refractivity contribution < 1.29 is 0 Å². The molecule has 0 aliphatic rings. The van der Waals surface area contributed by atoms with Gasteiger partial charge in [0.15, 0.2) is 5.82 Å². The van der Waals surface area contributed by atoms with Crippen molar-refractivity contribution in [3.05, 3.63) is 97.2 Å². The fourth-order valence-corrected chi connectivity index (χ4v) is 4.42. The number of benzene rings is 1. The number of aryl methyl sites for hydroxylation is 1. The minimum Gasteiger partial charge on any atom is -0.359 e. The zero-order valence-electron chi connectivity index (χ0n) is 22.0. The maximum atomic E-state index is 4.94. The Kier molecular flexibility index (Phi) is 7.04. The molecule has 0 aliphatic carbocycles. The van der Waals surface area contributed by atoms with Crippen LogP contribution < -0.4 is 5.32 Å². The Labute approximate surface area is 221 Å². The molecule has 8 nitrogen and oxygen atoms in total. The summed E-state index contributed by atoms with van der Waals surface area (Å²) in [7, 11) is 0. The van der Waals surface area contributed by atoms with Crippen LogP contribution in [0.5, 0.6) is 0 Å². The van der Waals surface area contributed by atoms with Gasteiger partial charge in [-0.05, 0) is 62.6 Å². The normalized spacial score (nSPS) is 12.4. The number of imidazole rings is 2. The predicted octanol–water partition coefficient (Wildman–Crippen LogP) is 6.76. The average molecular weight is 505 g/mol. The summed E-state index contributed by atoms with van der Waals surface area (Å²) in [5.41, 5.74) is 8.91. The zero-order chi connectivity index (χ0) is 26.6. The minimum atomic E-state index is 0.686. The molecule has 1 aromatic carbocycles. The van der Waals surface area contributed by atoms with E-state index in [9.17, 15) is 0 Å². The number of H-pyrrole nitrogens is 2. The van der Waals surface area contributed by atoms with Crippen molar-refractivity contribution in [2.24, 2.45) is 0 Å². The highest BCUT2D eigenvalue weighted by atomic mass is 15.1. The molecule has 38 heavy (non-hydrogen) atoms. The lowest BCUT2D eigenvalue weighted by Gasteiger charge is -2.11. The lowest BCUT2D eigenvalue weighted by atomic mass is 10.1. The van der Waals surface area contributed by atoms with Gasteiger partial charge in [-0.25, -0.2) is 9.97 Å². The Bertz CT molecular complexity index is 1690. The third-order valence-corrected chi connectivity index (χ3v) is 6.44. The number of hydrogen-bond acceptors (Lipinski definition) is 5. The van der Waals surface area contributed by atoms with Crippen LogP contribution in [0.15, 0.2) is 85.8 Å². The molecule has 0 bridgehead atoms. The van der Waals surface area contributed by atoms with Gasteiger partial charge < -0.3 is 14.9 Å². The molecule has 0 spiro atoms. The molecule has 0 fully saturated rings. The van der Waals surface area contributed by atoms with Crippen molar-refractivity contribution >= 4 is 27.5 Å². The maximum absolute atomic E-state index is 4.94. The first-order chi connectivity index (χ1) is 18.5. The molecule has 0 saturated heterocycles.